The van der Waals surface area contributed by atoms with E-state index in [0.717, 1.165) is 12.8 Å². The van der Waals surface area contributed by atoms with Crippen LogP contribution in [-0.2, 0) is 0 Å². The number of phenols is 2. The van der Waals surface area contributed by atoms with Gasteiger partial charge in [-0.25, -0.2) is 0 Å². The molecule has 0 aliphatic carbocycles. The van der Waals surface area contributed by atoms with Crippen LogP contribution in [0.1, 0.15) is 37.0 Å². The van der Waals surface area contributed by atoms with Crippen LogP contribution in [0.15, 0.2) is 18.2 Å². The molecular weight excluding hydrogens is 244 g/mol. The number of nitrogens with one attached hydrogen (secondary N) is 2. The third-order valence-electron chi connectivity index (χ3n) is 3.63. The van der Waals surface area contributed by atoms with E-state index in [-0.39, 0.29) is 29.1 Å². The van der Waals surface area contributed by atoms with Gasteiger partial charge >= 0.3 is 0 Å². The highest BCUT2D eigenvalue weighted by atomic mass is 16.3. The summed E-state index contributed by atoms with van der Waals surface area (Å²) in [5, 5.41) is 25.6. The molecule has 5 heteroatoms. The molecule has 5 nitrogen and oxygen atoms in total. The molecule has 104 valence electrons. The lowest BCUT2D eigenvalue weighted by molar-refractivity contribution is 0.0909. The summed E-state index contributed by atoms with van der Waals surface area (Å²) in [7, 11) is 0. The lowest BCUT2D eigenvalue weighted by Gasteiger charge is -2.34. The number of amides is 1. The molecule has 0 aromatic heterocycles. The van der Waals surface area contributed by atoms with E-state index in [1.165, 1.54) is 18.2 Å². The molecule has 1 saturated heterocycles. The largest absolute Gasteiger partial charge is 0.507 e. The third kappa shape index (κ3) is 2.98. The topological polar surface area (TPSA) is 81.6 Å². The van der Waals surface area contributed by atoms with Crippen molar-refractivity contribution in [1.82, 2.24) is 10.6 Å². The van der Waals surface area contributed by atoms with Gasteiger partial charge in [0.2, 0.25) is 0 Å². The second-order valence-electron chi connectivity index (χ2n) is 5.18. The predicted octanol–water partition coefficient (Wildman–Crippen LogP) is 1.36. The summed E-state index contributed by atoms with van der Waals surface area (Å²) in [5.74, 6) is -0.853. The number of piperidine rings is 1. The van der Waals surface area contributed by atoms with Crippen molar-refractivity contribution in [3.05, 3.63) is 23.8 Å². The van der Waals surface area contributed by atoms with Crippen molar-refractivity contribution in [3.8, 4) is 11.5 Å². The molecule has 0 saturated carbocycles. The molecule has 0 spiro atoms. The van der Waals surface area contributed by atoms with Crippen molar-refractivity contribution in [2.24, 2.45) is 0 Å². The molecule has 3 atom stereocenters. The van der Waals surface area contributed by atoms with E-state index in [0.29, 0.717) is 6.04 Å². The maximum Gasteiger partial charge on any atom is 0.259 e. The first-order chi connectivity index (χ1) is 8.99. The molecule has 2 rings (SSSR count). The molecule has 1 amide bonds. The minimum absolute atomic E-state index is 0.00251. The Labute approximate surface area is 112 Å². The van der Waals surface area contributed by atoms with Crippen molar-refractivity contribution < 1.29 is 15.0 Å². The van der Waals surface area contributed by atoms with E-state index in [9.17, 15) is 15.0 Å². The van der Waals surface area contributed by atoms with Gasteiger partial charge in [-0.05, 0) is 38.8 Å². The van der Waals surface area contributed by atoms with Crippen LogP contribution in [0.5, 0.6) is 11.5 Å². The number of carbonyl (C=O) groups excluding carboxylic acids is 1. The molecule has 1 aliphatic rings. The summed E-state index contributed by atoms with van der Waals surface area (Å²) in [6.07, 6.45) is 1.87. The van der Waals surface area contributed by atoms with E-state index in [4.69, 9.17) is 0 Å². The molecule has 1 aliphatic heterocycles. The minimum Gasteiger partial charge on any atom is -0.507 e. The van der Waals surface area contributed by atoms with E-state index < -0.39 is 5.91 Å². The Morgan fingerprint density at radius 2 is 1.89 bits per heavy atom. The molecular formula is C14H20N2O3. The van der Waals surface area contributed by atoms with E-state index in [1.54, 1.807) is 0 Å². The number of phenolic OH excluding ortho intramolecular Hbond substituents is 2. The normalized spacial score (nSPS) is 26.9. The fourth-order valence-corrected chi connectivity index (χ4v) is 2.53. The molecule has 1 aromatic carbocycles. The lowest BCUT2D eigenvalue weighted by atomic mass is 9.95. The van der Waals surface area contributed by atoms with Crippen molar-refractivity contribution in [2.45, 2.75) is 44.8 Å². The van der Waals surface area contributed by atoms with Gasteiger partial charge in [-0.1, -0.05) is 6.07 Å². The monoisotopic (exact) mass is 264 g/mol. The van der Waals surface area contributed by atoms with Gasteiger partial charge in [-0.3, -0.25) is 4.79 Å². The van der Waals surface area contributed by atoms with Crippen LogP contribution in [-0.4, -0.2) is 34.2 Å². The van der Waals surface area contributed by atoms with Gasteiger partial charge < -0.3 is 20.8 Å². The van der Waals surface area contributed by atoms with Crippen molar-refractivity contribution in [1.29, 1.82) is 0 Å². The molecule has 4 N–H and O–H groups in total. The smallest absolute Gasteiger partial charge is 0.259 e. The van der Waals surface area contributed by atoms with Crippen LogP contribution in [0.2, 0.25) is 0 Å². The maximum atomic E-state index is 12.1. The van der Waals surface area contributed by atoms with Gasteiger partial charge in [0.25, 0.3) is 5.91 Å². The Kier molecular flexibility index (Phi) is 3.95. The summed E-state index contributed by atoms with van der Waals surface area (Å²) in [5.41, 5.74) is -0.0617. The average Bonchev–Trinajstić information content (AvgIpc) is 2.32. The Hall–Kier alpha value is -1.75. The Bertz CT molecular complexity index is 456. The van der Waals surface area contributed by atoms with Crippen LogP contribution in [0, 0.1) is 0 Å². The van der Waals surface area contributed by atoms with Gasteiger partial charge in [-0.2, -0.15) is 0 Å². The molecule has 1 aromatic rings. The molecule has 1 fully saturated rings. The van der Waals surface area contributed by atoms with Crippen LogP contribution in [0.25, 0.3) is 0 Å². The minimum atomic E-state index is -0.441. The van der Waals surface area contributed by atoms with Crippen LogP contribution < -0.4 is 10.6 Å². The third-order valence-corrected chi connectivity index (χ3v) is 3.63. The highest BCUT2D eigenvalue weighted by Crippen LogP contribution is 2.26. The second kappa shape index (κ2) is 5.48. The maximum absolute atomic E-state index is 12.1. The zero-order valence-corrected chi connectivity index (χ0v) is 11.2. The van der Waals surface area contributed by atoms with E-state index in [2.05, 4.69) is 17.6 Å². The Morgan fingerprint density at radius 3 is 2.47 bits per heavy atom. The SMILES string of the molecule is CC1CCC(NC(=O)c2c(O)cccc2O)C(C)N1. The first kappa shape index (κ1) is 13.7. The number of benzene rings is 1. The lowest BCUT2D eigenvalue weighted by Crippen LogP contribution is -2.54. The number of hydrogen-bond donors (Lipinski definition) is 4. The zero-order chi connectivity index (χ0) is 14.0. The summed E-state index contributed by atoms with van der Waals surface area (Å²) < 4.78 is 0. The summed E-state index contributed by atoms with van der Waals surface area (Å²) in [4.78, 5) is 12.1. The van der Waals surface area contributed by atoms with Crippen LogP contribution >= 0.6 is 0 Å². The number of carbonyl (C=O) groups is 1. The molecule has 3 unspecified atom stereocenters. The molecule has 19 heavy (non-hydrogen) atoms. The van der Waals surface area contributed by atoms with Crippen LogP contribution in [0.4, 0.5) is 0 Å². The first-order valence-electron chi connectivity index (χ1n) is 6.57. The Balaban J connectivity index is 2.09. The number of hydrogen-bond acceptors (Lipinski definition) is 4. The second-order valence-corrected chi connectivity index (χ2v) is 5.18. The summed E-state index contributed by atoms with van der Waals surface area (Å²) in [6, 6.07) is 4.89. The molecule has 0 radical (unpaired) electrons. The van der Waals surface area contributed by atoms with Gasteiger partial charge in [0.15, 0.2) is 0 Å². The van der Waals surface area contributed by atoms with Crippen LogP contribution in [0.3, 0.4) is 0 Å². The van der Waals surface area contributed by atoms with Gasteiger partial charge in [0.05, 0.1) is 0 Å². The number of aromatic hydroxyl groups is 2. The standard InChI is InChI=1S/C14H20N2O3/c1-8-6-7-10(9(2)15-8)16-14(19)13-11(17)4-3-5-12(13)18/h3-5,8-10,15,17-18H,6-7H2,1-2H3,(H,16,19). The summed E-state index contributed by atoms with van der Waals surface area (Å²) in [6.45, 7) is 4.13. The first-order valence-corrected chi connectivity index (χ1v) is 6.57. The molecule has 0 bridgehead atoms. The number of rotatable bonds is 2. The Morgan fingerprint density at radius 1 is 1.26 bits per heavy atom. The highest BCUT2D eigenvalue weighted by molar-refractivity contribution is 5.99. The zero-order valence-electron chi connectivity index (χ0n) is 11.2. The van der Waals surface area contributed by atoms with E-state index in [1.807, 2.05) is 6.92 Å². The van der Waals surface area contributed by atoms with Gasteiger partial charge in [-0.15, -0.1) is 0 Å². The van der Waals surface area contributed by atoms with Crippen molar-refractivity contribution >= 4 is 5.91 Å². The fourth-order valence-electron chi connectivity index (χ4n) is 2.53. The van der Waals surface area contributed by atoms with Crippen molar-refractivity contribution in [3.63, 3.8) is 0 Å². The van der Waals surface area contributed by atoms with Gasteiger partial charge in [0.1, 0.15) is 17.1 Å². The predicted molar refractivity (Wildman–Crippen MR) is 72.3 cm³/mol. The summed E-state index contributed by atoms with van der Waals surface area (Å²) >= 11 is 0. The van der Waals surface area contributed by atoms with E-state index >= 15 is 0 Å². The van der Waals surface area contributed by atoms with Gasteiger partial charge in [0, 0.05) is 18.1 Å². The molecule has 1 heterocycles. The average molecular weight is 264 g/mol. The van der Waals surface area contributed by atoms with Crippen molar-refractivity contribution in [2.75, 3.05) is 0 Å². The quantitative estimate of drug-likeness (QED) is 0.650. The highest BCUT2D eigenvalue weighted by Gasteiger charge is 2.27. The fraction of sp³-hybridized carbons (Fsp3) is 0.500.